The van der Waals surface area contributed by atoms with E-state index in [1.165, 1.54) is 0 Å². The molecule has 2 unspecified atom stereocenters. The van der Waals surface area contributed by atoms with Crippen molar-refractivity contribution >= 4 is 41.5 Å². The van der Waals surface area contributed by atoms with E-state index in [1.807, 2.05) is 24.3 Å². The summed E-state index contributed by atoms with van der Waals surface area (Å²) < 4.78 is 11.0. The van der Waals surface area contributed by atoms with Crippen molar-refractivity contribution in [3.05, 3.63) is 29.8 Å². The molecule has 8 heteroatoms. The second kappa shape index (κ2) is 11.5. The van der Waals surface area contributed by atoms with Gasteiger partial charge in [0.1, 0.15) is 6.10 Å². The molecule has 2 aliphatic rings. The molecule has 2 fully saturated rings. The van der Waals surface area contributed by atoms with E-state index in [2.05, 4.69) is 20.9 Å². The molecule has 1 aromatic rings. The predicted molar refractivity (Wildman–Crippen MR) is 117 cm³/mol. The summed E-state index contributed by atoms with van der Waals surface area (Å²) in [6.45, 7) is 2.90. The van der Waals surface area contributed by atoms with E-state index in [9.17, 15) is 4.79 Å². The van der Waals surface area contributed by atoms with Crippen molar-refractivity contribution in [1.29, 1.82) is 0 Å². The lowest BCUT2D eigenvalue weighted by Crippen LogP contribution is -2.40. The maximum Gasteiger partial charge on any atom is 0.253 e. The second-order valence-corrected chi connectivity index (χ2v) is 6.63. The third kappa shape index (κ3) is 6.93. The monoisotopic (exact) mass is 488 g/mol. The first-order chi connectivity index (χ1) is 12.7. The van der Waals surface area contributed by atoms with E-state index in [4.69, 9.17) is 9.47 Å². The van der Waals surface area contributed by atoms with Crippen molar-refractivity contribution in [1.82, 2.24) is 10.6 Å². The molecule has 3 N–H and O–H groups in total. The summed E-state index contributed by atoms with van der Waals surface area (Å²) in [5.41, 5.74) is 1.85. The molecule has 0 spiro atoms. The summed E-state index contributed by atoms with van der Waals surface area (Å²) in [7, 11) is 1.75. The molecule has 2 saturated heterocycles. The zero-order chi connectivity index (χ0) is 18.2. The van der Waals surface area contributed by atoms with Gasteiger partial charge in [0.2, 0.25) is 0 Å². The lowest BCUT2D eigenvalue weighted by atomic mass is 10.2. The summed E-state index contributed by atoms with van der Waals surface area (Å²) in [5.74, 6) is 0.677. The molecular weight excluding hydrogens is 459 g/mol. The average molecular weight is 488 g/mol. The van der Waals surface area contributed by atoms with Crippen LogP contribution in [-0.2, 0) is 20.8 Å². The number of rotatable bonds is 6. The number of aliphatic imine (C=N–C) groups is 1. The number of carbonyl (C=O) groups is 1. The third-order valence-corrected chi connectivity index (χ3v) is 4.62. The van der Waals surface area contributed by atoms with Gasteiger partial charge in [-0.25, -0.2) is 0 Å². The van der Waals surface area contributed by atoms with E-state index in [-0.39, 0.29) is 42.1 Å². The van der Waals surface area contributed by atoms with Gasteiger partial charge in [0, 0.05) is 39.0 Å². The Bertz CT molecular complexity index is 629. The van der Waals surface area contributed by atoms with Crippen molar-refractivity contribution in [2.24, 2.45) is 4.99 Å². The molecule has 1 amide bonds. The van der Waals surface area contributed by atoms with Crippen molar-refractivity contribution < 1.29 is 14.3 Å². The molecule has 0 bridgehead atoms. The number of halogens is 1. The normalized spacial score (nSPS) is 22.2. The largest absolute Gasteiger partial charge is 0.376 e. The van der Waals surface area contributed by atoms with Crippen LogP contribution >= 0.6 is 24.0 Å². The molecule has 0 aromatic heterocycles. The Morgan fingerprint density at radius 3 is 2.70 bits per heavy atom. The first kappa shape index (κ1) is 21.9. The Morgan fingerprint density at radius 2 is 2.00 bits per heavy atom. The molecule has 27 heavy (non-hydrogen) atoms. The fourth-order valence-electron chi connectivity index (χ4n) is 3.19. The van der Waals surface area contributed by atoms with Crippen LogP contribution in [0, 0.1) is 0 Å². The molecule has 2 aliphatic heterocycles. The Kier molecular flexibility index (Phi) is 9.29. The Labute approximate surface area is 177 Å². The smallest absolute Gasteiger partial charge is 0.253 e. The van der Waals surface area contributed by atoms with Gasteiger partial charge >= 0.3 is 0 Å². The minimum atomic E-state index is -0.322. The van der Waals surface area contributed by atoms with Crippen LogP contribution in [0.2, 0.25) is 0 Å². The number of amides is 1. The molecule has 2 atom stereocenters. The second-order valence-electron chi connectivity index (χ2n) is 6.63. The highest BCUT2D eigenvalue weighted by Gasteiger charge is 2.23. The first-order valence-corrected chi connectivity index (χ1v) is 9.32. The topological polar surface area (TPSA) is 84.0 Å². The van der Waals surface area contributed by atoms with E-state index in [0.29, 0.717) is 13.2 Å². The maximum atomic E-state index is 12.2. The maximum absolute atomic E-state index is 12.2. The van der Waals surface area contributed by atoms with E-state index < -0.39 is 0 Å². The number of anilines is 1. The van der Waals surface area contributed by atoms with Gasteiger partial charge in [-0.05, 0) is 43.4 Å². The van der Waals surface area contributed by atoms with Gasteiger partial charge < -0.3 is 25.4 Å². The lowest BCUT2D eigenvalue weighted by Gasteiger charge is -2.15. The molecule has 1 aromatic carbocycles. The molecule has 0 aliphatic carbocycles. The van der Waals surface area contributed by atoms with E-state index >= 15 is 0 Å². The molecule has 0 saturated carbocycles. The first-order valence-electron chi connectivity index (χ1n) is 9.32. The van der Waals surface area contributed by atoms with Crippen LogP contribution in [-0.4, -0.2) is 50.9 Å². The Balaban J connectivity index is 0.00000261. The summed E-state index contributed by atoms with van der Waals surface area (Å²) in [4.78, 5) is 16.4. The van der Waals surface area contributed by atoms with Crippen molar-refractivity contribution in [2.45, 2.75) is 44.4 Å². The number of nitrogens with one attached hydrogen (secondary N) is 3. The number of carbonyl (C=O) groups excluding carboxylic acids is 1. The minimum Gasteiger partial charge on any atom is -0.376 e. The number of hydrogen-bond donors (Lipinski definition) is 3. The molecule has 0 radical (unpaired) electrons. The highest BCUT2D eigenvalue weighted by Crippen LogP contribution is 2.16. The van der Waals surface area contributed by atoms with Gasteiger partial charge in [-0.15, -0.1) is 24.0 Å². The number of hydrogen-bond acceptors (Lipinski definition) is 4. The van der Waals surface area contributed by atoms with Crippen LogP contribution in [0.5, 0.6) is 0 Å². The highest BCUT2D eigenvalue weighted by molar-refractivity contribution is 14.0. The number of nitrogens with zero attached hydrogens (tertiary/aromatic N) is 1. The van der Waals surface area contributed by atoms with Gasteiger partial charge in [-0.3, -0.25) is 9.79 Å². The van der Waals surface area contributed by atoms with Crippen LogP contribution in [0.25, 0.3) is 0 Å². The van der Waals surface area contributed by atoms with Gasteiger partial charge in [0.05, 0.1) is 6.10 Å². The summed E-state index contributed by atoms with van der Waals surface area (Å²) >= 11 is 0. The summed E-state index contributed by atoms with van der Waals surface area (Å²) in [5, 5.41) is 9.52. The summed E-state index contributed by atoms with van der Waals surface area (Å²) in [6.07, 6.45) is 3.90. The number of benzene rings is 1. The van der Waals surface area contributed by atoms with E-state index in [0.717, 1.165) is 56.0 Å². The molecule has 2 heterocycles. The lowest BCUT2D eigenvalue weighted by molar-refractivity contribution is -0.124. The standard InChI is InChI=1S/C19H28N4O3.HI/c1-20-19(22-13-16-7-3-9-25-16)21-12-14-5-2-6-15(11-14)23-18(24)17-8-4-10-26-17;/h2,5-6,11,16-17H,3-4,7-10,12-13H2,1H3,(H,23,24)(H2,20,21,22);1H. The average Bonchev–Trinajstić information content (AvgIpc) is 3.36. The fraction of sp³-hybridized carbons (Fsp3) is 0.579. The predicted octanol–water partition coefficient (Wildman–Crippen LogP) is 2.27. The van der Waals surface area contributed by atoms with Crippen molar-refractivity contribution in [2.75, 3.05) is 32.1 Å². The van der Waals surface area contributed by atoms with Crippen LogP contribution in [0.15, 0.2) is 29.3 Å². The highest BCUT2D eigenvalue weighted by atomic mass is 127. The summed E-state index contributed by atoms with van der Waals surface area (Å²) in [6, 6.07) is 7.81. The molecule has 150 valence electrons. The zero-order valence-corrected chi connectivity index (χ0v) is 18.0. The number of guanidine groups is 1. The number of ether oxygens (including phenoxy) is 2. The quantitative estimate of drug-likeness (QED) is 0.325. The SMILES string of the molecule is CN=C(NCc1cccc(NC(=O)C2CCCO2)c1)NCC1CCCO1.I. The van der Waals surface area contributed by atoms with E-state index in [1.54, 1.807) is 7.05 Å². The van der Waals surface area contributed by atoms with Crippen molar-refractivity contribution in [3.8, 4) is 0 Å². The van der Waals surface area contributed by atoms with Crippen LogP contribution in [0.3, 0.4) is 0 Å². The van der Waals surface area contributed by atoms with Crippen LogP contribution in [0.1, 0.15) is 31.2 Å². The van der Waals surface area contributed by atoms with Crippen LogP contribution in [0.4, 0.5) is 5.69 Å². The van der Waals surface area contributed by atoms with Crippen molar-refractivity contribution in [3.63, 3.8) is 0 Å². The Morgan fingerprint density at radius 1 is 1.19 bits per heavy atom. The molecule has 3 rings (SSSR count). The molecular formula is C19H29IN4O3. The van der Waals surface area contributed by atoms with Gasteiger partial charge in [0.25, 0.3) is 5.91 Å². The van der Waals surface area contributed by atoms with Gasteiger partial charge in [-0.1, -0.05) is 12.1 Å². The van der Waals surface area contributed by atoms with Gasteiger partial charge in [0.15, 0.2) is 5.96 Å². The fourth-order valence-corrected chi connectivity index (χ4v) is 3.19. The van der Waals surface area contributed by atoms with Gasteiger partial charge in [-0.2, -0.15) is 0 Å². The third-order valence-electron chi connectivity index (χ3n) is 4.62. The minimum absolute atomic E-state index is 0. The Hall–Kier alpha value is -1.39. The molecule has 7 nitrogen and oxygen atoms in total. The zero-order valence-electron chi connectivity index (χ0n) is 15.7. The van der Waals surface area contributed by atoms with Crippen LogP contribution < -0.4 is 16.0 Å².